The van der Waals surface area contributed by atoms with Gasteiger partial charge in [-0.15, -0.1) is 0 Å². The highest BCUT2D eigenvalue weighted by atomic mass is 16.4. The van der Waals surface area contributed by atoms with Gasteiger partial charge in [0.1, 0.15) is 0 Å². The van der Waals surface area contributed by atoms with Crippen molar-refractivity contribution in [2.75, 3.05) is 11.4 Å². The van der Waals surface area contributed by atoms with Crippen LogP contribution >= 0.6 is 0 Å². The van der Waals surface area contributed by atoms with Gasteiger partial charge < -0.3 is 15.7 Å². The molecule has 0 spiro atoms. The Bertz CT molecular complexity index is 511. The minimum Gasteiger partial charge on any atom is -0.474 e. The van der Waals surface area contributed by atoms with Crippen molar-refractivity contribution in [3.8, 4) is 0 Å². The van der Waals surface area contributed by atoms with E-state index in [1.54, 1.807) is 26.0 Å². The molecule has 0 saturated carbocycles. The summed E-state index contributed by atoms with van der Waals surface area (Å²) in [4.78, 5) is 34.7. The zero-order chi connectivity index (χ0) is 13.9. The first kappa shape index (κ1) is 13.7. The number of hydrogen-bond acceptors (Lipinski definition) is 3. The van der Waals surface area contributed by atoms with Gasteiger partial charge in [-0.2, -0.15) is 0 Å². The molecule has 2 amide bonds. The van der Waals surface area contributed by atoms with Gasteiger partial charge in [-0.1, -0.05) is 12.1 Å². The highest BCUT2D eigenvalue weighted by molar-refractivity contribution is 6.37. The van der Waals surface area contributed by atoms with E-state index in [-0.39, 0.29) is 17.8 Å². The van der Waals surface area contributed by atoms with E-state index >= 15 is 0 Å². The van der Waals surface area contributed by atoms with E-state index < -0.39 is 17.8 Å². The number of likely N-dealkylation sites (N-methyl/N-ethyl adjacent to an activating group) is 1. The zero-order valence-electron chi connectivity index (χ0n) is 10.1. The van der Waals surface area contributed by atoms with Gasteiger partial charge in [0.15, 0.2) is 0 Å². The van der Waals surface area contributed by atoms with Gasteiger partial charge in [-0.3, -0.25) is 9.59 Å². The Balaban J connectivity index is 3.39. The molecule has 1 aromatic carbocycles. The fourth-order valence-electron chi connectivity index (χ4n) is 1.74. The number of aryl methyl sites for hydroxylation is 1. The predicted octanol–water partition coefficient (Wildman–Crippen LogP) is 0.531. The molecule has 1 rings (SSSR count). The number of aliphatic carboxylic acids is 1. The van der Waals surface area contributed by atoms with Gasteiger partial charge in [0.25, 0.3) is 5.91 Å². The summed E-state index contributed by atoms with van der Waals surface area (Å²) in [5.74, 6) is -3.36. The first-order valence-electron chi connectivity index (χ1n) is 5.34. The molecule has 96 valence electrons. The van der Waals surface area contributed by atoms with Crippen LogP contribution in [0.1, 0.15) is 22.8 Å². The van der Waals surface area contributed by atoms with Crippen molar-refractivity contribution in [1.82, 2.24) is 0 Å². The molecule has 0 aliphatic carbocycles. The molecule has 0 aliphatic heterocycles. The maximum atomic E-state index is 11.5. The predicted molar refractivity (Wildman–Crippen MR) is 65.4 cm³/mol. The zero-order valence-corrected chi connectivity index (χ0v) is 10.1. The van der Waals surface area contributed by atoms with Crippen LogP contribution in [0.3, 0.4) is 0 Å². The van der Waals surface area contributed by atoms with Crippen molar-refractivity contribution in [3.63, 3.8) is 0 Å². The van der Waals surface area contributed by atoms with Gasteiger partial charge in [0.05, 0.1) is 11.3 Å². The molecule has 0 unspecified atom stereocenters. The van der Waals surface area contributed by atoms with Gasteiger partial charge >= 0.3 is 11.9 Å². The Morgan fingerprint density at radius 3 is 2.39 bits per heavy atom. The molecular weight excluding hydrogens is 236 g/mol. The van der Waals surface area contributed by atoms with Crippen molar-refractivity contribution in [3.05, 3.63) is 29.3 Å². The number of anilines is 1. The first-order valence-corrected chi connectivity index (χ1v) is 5.34. The van der Waals surface area contributed by atoms with E-state index in [1.165, 1.54) is 6.07 Å². The van der Waals surface area contributed by atoms with Crippen LogP contribution in [0.25, 0.3) is 0 Å². The van der Waals surface area contributed by atoms with Crippen LogP contribution in [0, 0.1) is 6.92 Å². The lowest BCUT2D eigenvalue weighted by atomic mass is 10.0. The van der Waals surface area contributed by atoms with E-state index in [1.807, 2.05) is 0 Å². The lowest BCUT2D eigenvalue weighted by Gasteiger charge is -2.21. The van der Waals surface area contributed by atoms with Crippen molar-refractivity contribution >= 4 is 23.5 Å². The van der Waals surface area contributed by atoms with E-state index in [2.05, 4.69) is 0 Å². The van der Waals surface area contributed by atoms with E-state index in [4.69, 9.17) is 10.8 Å². The molecule has 0 aliphatic rings. The summed E-state index contributed by atoms with van der Waals surface area (Å²) < 4.78 is 0. The van der Waals surface area contributed by atoms with Crippen LogP contribution in [0.15, 0.2) is 18.2 Å². The molecule has 6 heteroatoms. The van der Waals surface area contributed by atoms with Gasteiger partial charge in [-0.25, -0.2) is 4.79 Å². The normalized spacial score (nSPS) is 9.89. The standard InChI is InChI=1S/C12H14N2O4/c1-3-14(11(16)12(17)18)8-6-4-5-7(2)9(8)10(13)15/h4-6H,3H2,1-2H3,(H2,13,15)(H,17,18). The van der Waals surface area contributed by atoms with Crippen LogP contribution in [0.2, 0.25) is 0 Å². The van der Waals surface area contributed by atoms with Crippen LogP contribution in [0.4, 0.5) is 5.69 Å². The topological polar surface area (TPSA) is 101 Å². The summed E-state index contributed by atoms with van der Waals surface area (Å²) in [6.45, 7) is 3.42. The number of nitrogens with two attached hydrogens (primary N) is 1. The summed E-state index contributed by atoms with van der Waals surface area (Å²) in [6, 6.07) is 4.80. The molecule has 0 radical (unpaired) electrons. The molecule has 0 bridgehead atoms. The Kier molecular flexibility index (Phi) is 4.04. The lowest BCUT2D eigenvalue weighted by molar-refractivity contribution is -0.148. The Morgan fingerprint density at radius 2 is 1.94 bits per heavy atom. The third-order valence-electron chi connectivity index (χ3n) is 2.53. The number of carboxylic acid groups (broad SMARTS) is 1. The Labute approximate surface area is 104 Å². The number of hydrogen-bond donors (Lipinski definition) is 2. The number of carboxylic acids is 1. The monoisotopic (exact) mass is 250 g/mol. The number of nitrogens with zero attached hydrogens (tertiary/aromatic N) is 1. The summed E-state index contributed by atoms with van der Waals surface area (Å²) in [5.41, 5.74) is 6.23. The molecule has 6 nitrogen and oxygen atoms in total. The number of carbonyl (C=O) groups excluding carboxylic acids is 2. The molecule has 1 aromatic rings. The van der Waals surface area contributed by atoms with Gasteiger partial charge in [0.2, 0.25) is 0 Å². The maximum Gasteiger partial charge on any atom is 0.394 e. The molecule has 0 fully saturated rings. The largest absolute Gasteiger partial charge is 0.474 e. The lowest BCUT2D eigenvalue weighted by Crippen LogP contribution is -2.37. The second kappa shape index (κ2) is 5.31. The Morgan fingerprint density at radius 1 is 1.33 bits per heavy atom. The third-order valence-corrected chi connectivity index (χ3v) is 2.53. The molecule has 3 N–H and O–H groups in total. The van der Waals surface area contributed by atoms with Gasteiger partial charge in [-0.05, 0) is 25.5 Å². The quantitative estimate of drug-likeness (QED) is 0.764. The molecular formula is C12H14N2O4. The van der Waals surface area contributed by atoms with E-state index in [0.717, 1.165) is 4.90 Å². The van der Waals surface area contributed by atoms with Crippen molar-refractivity contribution in [2.45, 2.75) is 13.8 Å². The summed E-state index contributed by atoms with van der Waals surface area (Å²) in [7, 11) is 0. The second-order valence-corrected chi connectivity index (χ2v) is 3.69. The second-order valence-electron chi connectivity index (χ2n) is 3.69. The van der Waals surface area contributed by atoms with E-state index in [9.17, 15) is 14.4 Å². The first-order chi connectivity index (χ1) is 8.40. The average Bonchev–Trinajstić information content (AvgIpc) is 2.29. The molecule has 0 atom stereocenters. The maximum absolute atomic E-state index is 11.5. The number of carbonyl (C=O) groups is 3. The number of primary amides is 1. The van der Waals surface area contributed by atoms with Crippen LogP contribution in [-0.4, -0.2) is 29.4 Å². The number of benzene rings is 1. The van der Waals surface area contributed by atoms with Crippen molar-refractivity contribution < 1.29 is 19.5 Å². The number of rotatable bonds is 3. The molecule has 0 heterocycles. The third kappa shape index (κ3) is 2.48. The molecule has 0 saturated heterocycles. The minimum atomic E-state index is -1.58. The highest BCUT2D eigenvalue weighted by Gasteiger charge is 2.25. The highest BCUT2D eigenvalue weighted by Crippen LogP contribution is 2.23. The summed E-state index contributed by atoms with van der Waals surface area (Å²) in [6.07, 6.45) is 0. The smallest absolute Gasteiger partial charge is 0.394 e. The molecule has 18 heavy (non-hydrogen) atoms. The van der Waals surface area contributed by atoms with Crippen molar-refractivity contribution in [2.24, 2.45) is 5.73 Å². The summed E-state index contributed by atoms with van der Waals surface area (Å²) in [5, 5.41) is 8.74. The van der Waals surface area contributed by atoms with Gasteiger partial charge in [0, 0.05) is 6.54 Å². The van der Waals surface area contributed by atoms with Crippen molar-refractivity contribution in [1.29, 1.82) is 0 Å². The number of amides is 2. The minimum absolute atomic E-state index is 0.134. The average molecular weight is 250 g/mol. The molecule has 0 aromatic heterocycles. The fourth-order valence-corrected chi connectivity index (χ4v) is 1.74. The summed E-state index contributed by atoms with van der Waals surface area (Å²) >= 11 is 0. The SMILES string of the molecule is CCN(C(=O)C(=O)O)c1cccc(C)c1C(N)=O. The van der Waals surface area contributed by atoms with E-state index in [0.29, 0.717) is 5.56 Å². The van der Waals surface area contributed by atoms with Crippen LogP contribution < -0.4 is 10.6 Å². The van der Waals surface area contributed by atoms with Crippen LogP contribution in [0.5, 0.6) is 0 Å². The Hall–Kier alpha value is -2.37. The van der Waals surface area contributed by atoms with Crippen LogP contribution in [-0.2, 0) is 9.59 Å². The fraction of sp³-hybridized carbons (Fsp3) is 0.250.